The molecule has 1 aliphatic rings. The molecule has 2 amide bonds. The summed E-state index contributed by atoms with van der Waals surface area (Å²) in [6.45, 7) is 1.33. The molecule has 1 aromatic heterocycles. The fraction of sp³-hybridized carbons (Fsp3) is 0.280. The van der Waals surface area contributed by atoms with Crippen LogP contribution in [0.3, 0.4) is 0 Å². The van der Waals surface area contributed by atoms with Crippen LogP contribution in [0.4, 0.5) is 0 Å². The quantitative estimate of drug-likeness (QED) is 0.648. The van der Waals surface area contributed by atoms with Gasteiger partial charge in [0.15, 0.2) is 0 Å². The zero-order valence-electron chi connectivity index (χ0n) is 18.0. The highest BCUT2D eigenvalue weighted by Gasteiger charge is 2.28. The van der Waals surface area contributed by atoms with Crippen LogP contribution in [-0.2, 0) is 11.2 Å². The van der Waals surface area contributed by atoms with Crippen molar-refractivity contribution in [1.82, 2.24) is 14.9 Å². The topological polar surface area (TPSA) is 98.4 Å². The summed E-state index contributed by atoms with van der Waals surface area (Å²) < 4.78 is 5.19. The first-order chi connectivity index (χ1) is 15.5. The first-order valence-corrected chi connectivity index (χ1v) is 10.7. The molecule has 7 nitrogen and oxygen atoms in total. The largest absolute Gasteiger partial charge is 0.497 e. The second kappa shape index (κ2) is 9.60. The number of rotatable bonds is 6. The van der Waals surface area contributed by atoms with Gasteiger partial charge in [0.25, 0.3) is 0 Å². The number of nitrogens with two attached hydrogens (primary N) is 1. The van der Waals surface area contributed by atoms with Crippen LogP contribution in [0.5, 0.6) is 5.75 Å². The number of carbonyl (C=O) groups is 2. The van der Waals surface area contributed by atoms with Crippen LogP contribution < -0.4 is 10.5 Å². The van der Waals surface area contributed by atoms with E-state index in [9.17, 15) is 9.59 Å². The Morgan fingerprint density at radius 3 is 2.66 bits per heavy atom. The summed E-state index contributed by atoms with van der Waals surface area (Å²) in [6.07, 6.45) is 5.49. The van der Waals surface area contributed by atoms with Crippen molar-refractivity contribution in [3.05, 3.63) is 77.7 Å². The minimum absolute atomic E-state index is 0.0736. The molecule has 0 aliphatic carbocycles. The van der Waals surface area contributed by atoms with Crippen molar-refractivity contribution in [3.63, 3.8) is 0 Å². The third-order valence-electron chi connectivity index (χ3n) is 5.82. The van der Waals surface area contributed by atoms with Gasteiger partial charge in [-0.05, 0) is 42.7 Å². The molecule has 0 bridgehead atoms. The Morgan fingerprint density at radius 1 is 1.12 bits per heavy atom. The summed E-state index contributed by atoms with van der Waals surface area (Å²) in [5, 5.41) is 0. The molecule has 4 rings (SSSR count). The SMILES string of the molecule is COc1ccc(CC(=O)N2CCC[C@H](c3nccnc3-c3cccc(C(N)=O)c3)C2)cc1. The highest BCUT2D eigenvalue weighted by molar-refractivity contribution is 5.94. The molecule has 32 heavy (non-hydrogen) atoms. The van der Waals surface area contributed by atoms with E-state index >= 15 is 0 Å². The fourth-order valence-corrected chi connectivity index (χ4v) is 4.15. The summed E-state index contributed by atoms with van der Waals surface area (Å²) in [5.74, 6) is 0.464. The molecule has 0 saturated carbocycles. The van der Waals surface area contributed by atoms with Crippen LogP contribution >= 0.6 is 0 Å². The minimum atomic E-state index is -0.481. The summed E-state index contributed by atoms with van der Waals surface area (Å²) in [7, 11) is 1.62. The van der Waals surface area contributed by atoms with Crippen LogP contribution in [0.15, 0.2) is 60.9 Å². The van der Waals surface area contributed by atoms with Crippen LogP contribution in [0.25, 0.3) is 11.3 Å². The van der Waals surface area contributed by atoms with Gasteiger partial charge in [-0.1, -0.05) is 24.3 Å². The number of primary amides is 1. The maximum Gasteiger partial charge on any atom is 0.248 e. The standard InChI is InChI=1S/C25H26N4O3/c1-32-21-9-7-17(8-10-21)14-22(30)29-13-3-6-20(16-29)24-23(27-11-12-28-24)18-4-2-5-19(15-18)25(26)31/h2,4-5,7-12,15,20H,3,6,13-14,16H2,1H3,(H2,26,31)/t20-/m0/s1. The van der Waals surface area contributed by atoms with Crippen LogP contribution in [-0.4, -0.2) is 46.9 Å². The Labute approximate surface area is 187 Å². The van der Waals surface area contributed by atoms with Gasteiger partial charge < -0.3 is 15.4 Å². The molecule has 0 unspecified atom stereocenters. The molecule has 2 heterocycles. The number of benzene rings is 2. The van der Waals surface area contributed by atoms with E-state index < -0.39 is 5.91 Å². The number of amides is 2. The number of piperidine rings is 1. The predicted octanol–water partition coefficient (Wildman–Crippen LogP) is 3.20. The Hall–Kier alpha value is -3.74. The molecule has 7 heteroatoms. The van der Waals surface area contributed by atoms with Crippen LogP contribution in [0, 0.1) is 0 Å². The average Bonchev–Trinajstić information content (AvgIpc) is 2.84. The van der Waals surface area contributed by atoms with Gasteiger partial charge in [-0.15, -0.1) is 0 Å². The molecule has 0 spiro atoms. The lowest BCUT2D eigenvalue weighted by molar-refractivity contribution is -0.131. The van der Waals surface area contributed by atoms with E-state index in [0.717, 1.165) is 47.7 Å². The number of nitrogens with zero attached hydrogens (tertiary/aromatic N) is 3. The summed E-state index contributed by atoms with van der Waals surface area (Å²) in [4.78, 5) is 35.7. The third-order valence-corrected chi connectivity index (χ3v) is 5.82. The first-order valence-electron chi connectivity index (χ1n) is 10.7. The average molecular weight is 431 g/mol. The van der Waals surface area contributed by atoms with E-state index in [1.54, 1.807) is 37.7 Å². The first kappa shape index (κ1) is 21.5. The number of aromatic nitrogens is 2. The number of ether oxygens (including phenoxy) is 1. The summed E-state index contributed by atoms with van der Waals surface area (Å²) in [5.41, 5.74) is 9.20. The molecule has 1 aliphatic heterocycles. The van der Waals surface area contributed by atoms with Crippen molar-refractivity contribution in [1.29, 1.82) is 0 Å². The summed E-state index contributed by atoms with van der Waals surface area (Å²) >= 11 is 0. The van der Waals surface area contributed by atoms with Gasteiger partial charge in [0, 0.05) is 42.5 Å². The number of hydrogen-bond acceptors (Lipinski definition) is 5. The maximum atomic E-state index is 13.0. The van der Waals surface area contributed by atoms with Crippen LogP contribution in [0.1, 0.15) is 40.4 Å². The minimum Gasteiger partial charge on any atom is -0.497 e. The molecular formula is C25H26N4O3. The number of carbonyl (C=O) groups excluding carboxylic acids is 2. The smallest absolute Gasteiger partial charge is 0.248 e. The Kier molecular flexibility index (Phi) is 6.44. The maximum absolute atomic E-state index is 13.0. The lowest BCUT2D eigenvalue weighted by Gasteiger charge is -2.33. The molecule has 0 radical (unpaired) electrons. The van der Waals surface area contributed by atoms with Crippen molar-refractivity contribution >= 4 is 11.8 Å². The van der Waals surface area contributed by atoms with Gasteiger partial charge in [-0.3, -0.25) is 19.6 Å². The zero-order valence-corrected chi connectivity index (χ0v) is 18.0. The van der Waals surface area contributed by atoms with Crippen molar-refractivity contribution in [2.24, 2.45) is 5.73 Å². The van der Waals surface area contributed by atoms with Gasteiger partial charge in [0.2, 0.25) is 11.8 Å². The van der Waals surface area contributed by atoms with Gasteiger partial charge >= 0.3 is 0 Å². The lowest BCUT2D eigenvalue weighted by atomic mass is 9.91. The molecule has 1 atom stereocenters. The van der Waals surface area contributed by atoms with Crippen LogP contribution in [0.2, 0.25) is 0 Å². The Balaban J connectivity index is 1.53. The molecule has 2 aromatic carbocycles. The molecule has 164 valence electrons. The second-order valence-corrected chi connectivity index (χ2v) is 7.94. The molecule has 1 fully saturated rings. The Morgan fingerprint density at radius 2 is 1.91 bits per heavy atom. The zero-order chi connectivity index (χ0) is 22.5. The molecular weight excluding hydrogens is 404 g/mol. The Bertz CT molecular complexity index is 1110. The van der Waals surface area contributed by atoms with Gasteiger partial charge in [0.05, 0.1) is 24.9 Å². The normalized spacial score (nSPS) is 15.9. The van der Waals surface area contributed by atoms with Gasteiger partial charge in [-0.2, -0.15) is 0 Å². The van der Waals surface area contributed by atoms with E-state index in [1.165, 1.54) is 0 Å². The fourth-order valence-electron chi connectivity index (χ4n) is 4.15. The van der Waals surface area contributed by atoms with E-state index in [1.807, 2.05) is 35.2 Å². The van der Waals surface area contributed by atoms with E-state index in [4.69, 9.17) is 10.5 Å². The second-order valence-electron chi connectivity index (χ2n) is 7.94. The molecule has 2 N–H and O–H groups in total. The van der Waals surface area contributed by atoms with E-state index in [-0.39, 0.29) is 11.8 Å². The van der Waals surface area contributed by atoms with Crippen molar-refractivity contribution in [3.8, 4) is 17.0 Å². The number of methoxy groups -OCH3 is 1. The molecule has 3 aromatic rings. The van der Waals surface area contributed by atoms with Gasteiger partial charge in [0.1, 0.15) is 5.75 Å². The lowest BCUT2D eigenvalue weighted by Crippen LogP contribution is -2.40. The summed E-state index contributed by atoms with van der Waals surface area (Å²) in [6, 6.07) is 14.7. The number of likely N-dealkylation sites (tertiary alicyclic amines) is 1. The highest BCUT2D eigenvalue weighted by Crippen LogP contribution is 2.32. The predicted molar refractivity (Wildman–Crippen MR) is 121 cm³/mol. The van der Waals surface area contributed by atoms with Crippen molar-refractivity contribution in [2.45, 2.75) is 25.2 Å². The number of hydrogen-bond donors (Lipinski definition) is 1. The van der Waals surface area contributed by atoms with Crippen molar-refractivity contribution < 1.29 is 14.3 Å². The van der Waals surface area contributed by atoms with Gasteiger partial charge in [-0.25, -0.2) is 0 Å². The van der Waals surface area contributed by atoms with Crippen molar-refractivity contribution in [2.75, 3.05) is 20.2 Å². The van der Waals surface area contributed by atoms with E-state index in [2.05, 4.69) is 9.97 Å². The monoisotopic (exact) mass is 430 g/mol. The third kappa shape index (κ3) is 4.77. The van der Waals surface area contributed by atoms with E-state index in [0.29, 0.717) is 18.5 Å². The highest BCUT2D eigenvalue weighted by atomic mass is 16.5. The molecule has 1 saturated heterocycles.